The van der Waals surface area contributed by atoms with Gasteiger partial charge in [0.25, 0.3) is 0 Å². The van der Waals surface area contributed by atoms with E-state index < -0.39 is 0 Å². The maximum atomic E-state index is 4.74. The van der Waals surface area contributed by atoms with Gasteiger partial charge in [-0.25, -0.2) is 4.98 Å². The maximum absolute atomic E-state index is 4.74. The third-order valence-corrected chi connectivity index (χ3v) is 4.78. The molecule has 1 N–H and O–H groups in total. The van der Waals surface area contributed by atoms with Gasteiger partial charge in [-0.05, 0) is 36.5 Å². The van der Waals surface area contributed by atoms with Crippen LogP contribution in [0.1, 0.15) is 36.8 Å². The second kappa shape index (κ2) is 5.95. The van der Waals surface area contributed by atoms with E-state index in [4.69, 9.17) is 4.98 Å². The molecule has 4 rings (SSSR count). The van der Waals surface area contributed by atoms with Crippen molar-refractivity contribution in [2.45, 2.75) is 44.7 Å². The molecule has 4 heteroatoms. The predicted octanol–water partition coefficient (Wildman–Crippen LogP) is 3.39. The van der Waals surface area contributed by atoms with Crippen molar-refractivity contribution < 1.29 is 0 Å². The smallest absolute Gasteiger partial charge is 0.224 e. The molecular formula is C18H22N4. The van der Waals surface area contributed by atoms with Crippen molar-refractivity contribution in [2.75, 3.05) is 16.8 Å². The molecule has 1 fully saturated rings. The van der Waals surface area contributed by atoms with Crippen LogP contribution in [0.15, 0.2) is 36.5 Å². The molecule has 4 nitrogen and oxygen atoms in total. The molecule has 0 atom stereocenters. The van der Waals surface area contributed by atoms with Gasteiger partial charge >= 0.3 is 0 Å². The molecule has 2 aliphatic rings. The molecule has 0 bridgehead atoms. The Bertz CT molecular complexity index is 649. The summed E-state index contributed by atoms with van der Waals surface area (Å²) in [5, 5.41) is 3.49. The SMILES string of the molecule is c1ccc2c(c1)CCN(c1ccnc(NC3CCCC3)n1)C2. The Labute approximate surface area is 131 Å². The summed E-state index contributed by atoms with van der Waals surface area (Å²) in [6.45, 7) is 1.97. The monoisotopic (exact) mass is 294 g/mol. The van der Waals surface area contributed by atoms with E-state index in [0.29, 0.717) is 6.04 Å². The lowest BCUT2D eigenvalue weighted by Crippen LogP contribution is -2.31. The van der Waals surface area contributed by atoms with Gasteiger partial charge in [-0.1, -0.05) is 37.1 Å². The molecule has 1 saturated carbocycles. The van der Waals surface area contributed by atoms with Crippen LogP contribution in [-0.4, -0.2) is 22.6 Å². The molecule has 0 unspecified atom stereocenters. The normalized spacial score (nSPS) is 18.3. The number of nitrogens with one attached hydrogen (secondary N) is 1. The van der Waals surface area contributed by atoms with E-state index >= 15 is 0 Å². The lowest BCUT2D eigenvalue weighted by atomic mass is 10.00. The topological polar surface area (TPSA) is 41.1 Å². The molecule has 2 aromatic rings. The van der Waals surface area contributed by atoms with E-state index in [-0.39, 0.29) is 0 Å². The van der Waals surface area contributed by atoms with Gasteiger partial charge in [-0.2, -0.15) is 4.98 Å². The average molecular weight is 294 g/mol. The highest BCUT2D eigenvalue weighted by Gasteiger charge is 2.19. The summed E-state index contributed by atoms with van der Waals surface area (Å²) in [4.78, 5) is 11.5. The third kappa shape index (κ3) is 2.78. The maximum Gasteiger partial charge on any atom is 0.224 e. The average Bonchev–Trinajstić information content (AvgIpc) is 3.08. The zero-order valence-electron chi connectivity index (χ0n) is 12.8. The summed E-state index contributed by atoms with van der Waals surface area (Å²) in [6, 6.07) is 11.3. The molecule has 0 saturated heterocycles. The van der Waals surface area contributed by atoms with Crippen LogP contribution in [0.25, 0.3) is 0 Å². The Kier molecular flexibility index (Phi) is 3.67. The number of rotatable bonds is 3. The van der Waals surface area contributed by atoms with Crippen LogP contribution in [0.4, 0.5) is 11.8 Å². The summed E-state index contributed by atoms with van der Waals surface area (Å²) in [6.07, 6.45) is 8.08. The van der Waals surface area contributed by atoms with Crippen molar-refractivity contribution in [3.05, 3.63) is 47.7 Å². The standard InChI is InChI=1S/C18H22N4/c1-2-6-15-13-22(12-10-14(15)5-1)17-9-11-19-18(21-17)20-16-7-3-4-8-16/h1-2,5-6,9,11,16H,3-4,7-8,10,12-13H2,(H,19,20,21). The van der Waals surface area contributed by atoms with Crippen molar-refractivity contribution >= 4 is 11.8 Å². The predicted molar refractivity (Wildman–Crippen MR) is 89.1 cm³/mol. The van der Waals surface area contributed by atoms with E-state index in [1.807, 2.05) is 12.3 Å². The number of hydrogen-bond acceptors (Lipinski definition) is 4. The summed E-state index contributed by atoms with van der Waals surface area (Å²) in [5.74, 6) is 1.81. The fourth-order valence-electron chi connectivity index (χ4n) is 3.54. The highest BCUT2D eigenvalue weighted by molar-refractivity contribution is 5.46. The van der Waals surface area contributed by atoms with Gasteiger partial charge in [0.1, 0.15) is 5.82 Å². The Morgan fingerprint density at radius 1 is 1.05 bits per heavy atom. The van der Waals surface area contributed by atoms with Gasteiger partial charge in [-0.15, -0.1) is 0 Å². The summed E-state index contributed by atoms with van der Waals surface area (Å²) in [7, 11) is 0. The second-order valence-electron chi connectivity index (χ2n) is 6.30. The number of anilines is 2. The number of benzene rings is 1. The summed E-state index contributed by atoms with van der Waals surface area (Å²) >= 11 is 0. The third-order valence-electron chi connectivity index (χ3n) is 4.78. The molecule has 1 aliphatic carbocycles. The van der Waals surface area contributed by atoms with Crippen LogP contribution < -0.4 is 10.2 Å². The van der Waals surface area contributed by atoms with Gasteiger partial charge in [-0.3, -0.25) is 0 Å². The molecular weight excluding hydrogens is 272 g/mol. The number of fused-ring (bicyclic) bond motifs is 1. The minimum atomic E-state index is 0.553. The molecule has 1 aromatic carbocycles. The van der Waals surface area contributed by atoms with E-state index in [1.54, 1.807) is 0 Å². The molecule has 114 valence electrons. The quantitative estimate of drug-likeness (QED) is 0.942. The Morgan fingerprint density at radius 2 is 1.86 bits per heavy atom. The van der Waals surface area contributed by atoms with Gasteiger partial charge in [0.2, 0.25) is 5.95 Å². The molecule has 0 radical (unpaired) electrons. The molecule has 22 heavy (non-hydrogen) atoms. The van der Waals surface area contributed by atoms with Gasteiger partial charge in [0.05, 0.1) is 0 Å². The number of aromatic nitrogens is 2. The fourth-order valence-corrected chi connectivity index (χ4v) is 3.54. The first-order chi connectivity index (χ1) is 10.9. The fraction of sp³-hybridized carbons (Fsp3) is 0.444. The van der Waals surface area contributed by atoms with Crippen LogP contribution >= 0.6 is 0 Å². The first-order valence-electron chi connectivity index (χ1n) is 8.30. The first kappa shape index (κ1) is 13.6. The van der Waals surface area contributed by atoms with E-state index in [1.165, 1.54) is 36.8 Å². The van der Waals surface area contributed by atoms with Crippen LogP contribution in [0.5, 0.6) is 0 Å². The molecule has 0 spiro atoms. The highest BCUT2D eigenvalue weighted by Crippen LogP contribution is 2.25. The Hall–Kier alpha value is -2.10. The minimum Gasteiger partial charge on any atom is -0.352 e. The Morgan fingerprint density at radius 3 is 2.73 bits per heavy atom. The zero-order chi connectivity index (χ0) is 14.8. The van der Waals surface area contributed by atoms with Gasteiger partial charge in [0, 0.05) is 25.3 Å². The number of hydrogen-bond donors (Lipinski definition) is 1. The van der Waals surface area contributed by atoms with Gasteiger partial charge in [0.15, 0.2) is 0 Å². The van der Waals surface area contributed by atoms with Crippen molar-refractivity contribution in [3.63, 3.8) is 0 Å². The first-order valence-corrected chi connectivity index (χ1v) is 8.30. The molecule has 2 heterocycles. The van der Waals surface area contributed by atoms with Crippen LogP contribution in [0.2, 0.25) is 0 Å². The van der Waals surface area contributed by atoms with Crippen molar-refractivity contribution in [1.82, 2.24) is 9.97 Å². The molecule has 0 amide bonds. The van der Waals surface area contributed by atoms with E-state index in [2.05, 4.69) is 39.5 Å². The number of nitrogens with zero attached hydrogens (tertiary/aromatic N) is 3. The van der Waals surface area contributed by atoms with E-state index in [9.17, 15) is 0 Å². The van der Waals surface area contributed by atoms with Crippen molar-refractivity contribution in [2.24, 2.45) is 0 Å². The van der Waals surface area contributed by atoms with Crippen LogP contribution in [-0.2, 0) is 13.0 Å². The van der Waals surface area contributed by atoms with Crippen LogP contribution in [0, 0.1) is 0 Å². The molecule has 1 aliphatic heterocycles. The lowest BCUT2D eigenvalue weighted by molar-refractivity contribution is 0.713. The van der Waals surface area contributed by atoms with E-state index in [0.717, 1.165) is 31.3 Å². The summed E-state index contributed by atoms with van der Waals surface area (Å²) in [5.41, 5.74) is 2.88. The van der Waals surface area contributed by atoms with Crippen molar-refractivity contribution in [1.29, 1.82) is 0 Å². The minimum absolute atomic E-state index is 0.553. The van der Waals surface area contributed by atoms with Gasteiger partial charge < -0.3 is 10.2 Å². The second-order valence-corrected chi connectivity index (χ2v) is 6.30. The van der Waals surface area contributed by atoms with Crippen molar-refractivity contribution in [3.8, 4) is 0 Å². The highest BCUT2D eigenvalue weighted by atomic mass is 15.2. The Balaban J connectivity index is 1.51. The zero-order valence-corrected chi connectivity index (χ0v) is 12.8. The lowest BCUT2D eigenvalue weighted by Gasteiger charge is -2.30. The largest absolute Gasteiger partial charge is 0.352 e. The molecule has 1 aromatic heterocycles. The summed E-state index contributed by atoms with van der Waals surface area (Å²) < 4.78 is 0. The van der Waals surface area contributed by atoms with Crippen LogP contribution in [0.3, 0.4) is 0 Å².